The van der Waals surface area contributed by atoms with Crippen LogP contribution in [-0.2, 0) is 0 Å². The van der Waals surface area contributed by atoms with Gasteiger partial charge >= 0.3 is 0 Å². The van der Waals surface area contributed by atoms with Gasteiger partial charge in [0, 0.05) is 5.56 Å². The van der Waals surface area contributed by atoms with Crippen LogP contribution in [0.25, 0.3) is 0 Å². The molecule has 2 N–H and O–H groups in total. The average molecular weight is 294 g/mol. The van der Waals surface area contributed by atoms with Crippen LogP contribution < -0.4 is 5.32 Å². The van der Waals surface area contributed by atoms with E-state index in [9.17, 15) is 14.3 Å². The summed E-state index contributed by atoms with van der Waals surface area (Å²) in [5.74, 6) is -0.777. The number of rotatable bonds is 3. The van der Waals surface area contributed by atoms with Gasteiger partial charge in [-0.15, -0.1) is 0 Å². The molecule has 0 saturated heterocycles. The molecule has 0 aliphatic carbocycles. The molecule has 2 aromatic rings. The minimum atomic E-state index is -0.351. The fourth-order valence-corrected chi connectivity index (χ4v) is 1.97. The first-order valence-corrected chi connectivity index (χ1v) is 6.40. The van der Waals surface area contributed by atoms with Crippen molar-refractivity contribution in [3.8, 4) is 5.75 Å². The van der Waals surface area contributed by atoms with Crippen molar-refractivity contribution in [1.29, 1.82) is 0 Å². The maximum absolute atomic E-state index is 13.1. The Morgan fingerprint density at radius 2 is 2.05 bits per heavy atom. The number of phenols is 1. The van der Waals surface area contributed by atoms with Crippen molar-refractivity contribution in [2.24, 2.45) is 0 Å². The van der Waals surface area contributed by atoms with Crippen LogP contribution in [0.15, 0.2) is 42.5 Å². The van der Waals surface area contributed by atoms with Gasteiger partial charge < -0.3 is 10.4 Å². The van der Waals surface area contributed by atoms with Crippen molar-refractivity contribution in [2.45, 2.75) is 13.0 Å². The standard InChI is InChI=1S/C15H13ClFNO2/c1-9(10-3-2-4-12(17)7-10)18-15(20)11-5-6-14(19)13(16)8-11/h2-9,19H,1H3,(H,18,20). The van der Waals surface area contributed by atoms with Crippen molar-refractivity contribution in [3.63, 3.8) is 0 Å². The smallest absolute Gasteiger partial charge is 0.251 e. The van der Waals surface area contributed by atoms with E-state index in [1.807, 2.05) is 0 Å². The molecule has 2 rings (SSSR count). The van der Waals surface area contributed by atoms with E-state index in [0.29, 0.717) is 11.1 Å². The van der Waals surface area contributed by atoms with Gasteiger partial charge in [0.15, 0.2) is 0 Å². The second kappa shape index (κ2) is 5.92. The van der Waals surface area contributed by atoms with E-state index in [-0.39, 0.29) is 28.5 Å². The normalized spacial score (nSPS) is 11.9. The van der Waals surface area contributed by atoms with E-state index >= 15 is 0 Å². The summed E-state index contributed by atoms with van der Waals surface area (Å²) >= 11 is 5.75. The van der Waals surface area contributed by atoms with Gasteiger partial charge in [-0.2, -0.15) is 0 Å². The number of nitrogens with one attached hydrogen (secondary N) is 1. The van der Waals surface area contributed by atoms with E-state index in [2.05, 4.69) is 5.32 Å². The Labute approximate surface area is 121 Å². The molecule has 0 aliphatic heterocycles. The maximum Gasteiger partial charge on any atom is 0.251 e. The molecule has 0 saturated carbocycles. The van der Waals surface area contributed by atoms with Gasteiger partial charge in [0.25, 0.3) is 5.91 Å². The molecule has 1 atom stereocenters. The van der Waals surface area contributed by atoms with Crippen LogP contribution in [0.5, 0.6) is 5.75 Å². The second-order valence-corrected chi connectivity index (χ2v) is 4.82. The monoisotopic (exact) mass is 293 g/mol. The highest BCUT2D eigenvalue weighted by atomic mass is 35.5. The van der Waals surface area contributed by atoms with Crippen LogP contribution in [0.2, 0.25) is 5.02 Å². The topological polar surface area (TPSA) is 49.3 Å². The third kappa shape index (κ3) is 3.27. The summed E-state index contributed by atoms with van der Waals surface area (Å²) < 4.78 is 13.1. The number of carbonyl (C=O) groups is 1. The molecule has 1 unspecified atom stereocenters. The van der Waals surface area contributed by atoms with Gasteiger partial charge in [-0.25, -0.2) is 4.39 Å². The summed E-state index contributed by atoms with van der Waals surface area (Å²) in [5, 5.41) is 12.2. The van der Waals surface area contributed by atoms with Crippen LogP contribution in [0.1, 0.15) is 28.9 Å². The van der Waals surface area contributed by atoms with Crippen molar-refractivity contribution in [3.05, 3.63) is 64.4 Å². The minimum Gasteiger partial charge on any atom is -0.506 e. The van der Waals surface area contributed by atoms with Gasteiger partial charge in [0.1, 0.15) is 11.6 Å². The molecule has 2 aromatic carbocycles. The lowest BCUT2D eigenvalue weighted by atomic mass is 10.1. The number of aromatic hydroxyl groups is 1. The quantitative estimate of drug-likeness (QED) is 0.907. The van der Waals surface area contributed by atoms with Crippen LogP contribution >= 0.6 is 11.6 Å². The molecule has 5 heteroatoms. The minimum absolute atomic E-state index is 0.0820. The summed E-state index contributed by atoms with van der Waals surface area (Å²) in [6.45, 7) is 1.76. The highest BCUT2D eigenvalue weighted by Gasteiger charge is 2.13. The lowest BCUT2D eigenvalue weighted by molar-refractivity contribution is 0.0940. The third-order valence-corrected chi connectivity index (χ3v) is 3.21. The van der Waals surface area contributed by atoms with Gasteiger partial charge in [-0.3, -0.25) is 4.79 Å². The average Bonchev–Trinajstić information content (AvgIpc) is 2.41. The molecule has 3 nitrogen and oxygen atoms in total. The number of halogens is 2. The Hall–Kier alpha value is -2.07. The fraction of sp³-hybridized carbons (Fsp3) is 0.133. The summed E-state index contributed by atoms with van der Waals surface area (Å²) in [7, 11) is 0. The zero-order valence-electron chi connectivity index (χ0n) is 10.7. The highest BCUT2D eigenvalue weighted by molar-refractivity contribution is 6.32. The van der Waals surface area contributed by atoms with Crippen molar-refractivity contribution >= 4 is 17.5 Å². The number of hydrogen-bond donors (Lipinski definition) is 2. The summed E-state index contributed by atoms with van der Waals surface area (Å²) in [4.78, 5) is 12.0. The first-order chi connectivity index (χ1) is 9.47. The first kappa shape index (κ1) is 14.3. The van der Waals surface area contributed by atoms with E-state index in [0.717, 1.165) is 0 Å². The largest absolute Gasteiger partial charge is 0.506 e. The molecule has 0 aliphatic rings. The van der Waals surface area contributed by atoms with E-state index in [4.69, 9.17) is 11.6 Å². The molecule has 0 aromatic heterocycles. The number of amides is 1. The van der Waals surface area contributed by atoms with Crippen molar-refractivity contribution < 1.29 is 14.3 Å². The highest BCUT2D eigenvalue weighted by Crippen LogP contribution is 2.24. The molecule has 0 fully saturated rings. The van der Waals surface area contributed by atoms with Crippen LogP contribution in [0, 0.1) is 5.82 Å². The second-order valence-electron chi connectivity index (χ2n) is 4.42. The maximum atomic E-state index is 13.1. The number of carbonyl (C=O) groups excluding carboxylic acids is 1. The molecule has 1 amide bonds. The number of phenolic OH excluding ortho intramolecular Hbond substituents is 1. The van der Waals surface area contributed by atoms with Crippen molar-refractivity contribution in [1.82, 2.24) is 5.32 Å². The predicted octanol–water partition coefficient (Wildman–Crippen LogP) is 3.68. The Morgan fingerprint density at radius 1 is 1.30 bits per heavy atom. The Kier molecular flexibility index (Phi) is 4.25. The molecule has 0 heterocycles. The Bertz CT molecular complexity index is 646. The van der Waals surface area contributed by atoms with E-state index in [1.54, 1.807) is 19.1 Å². The van der Waals surface area contributed by atoms with Crippen LogP contribution in [0.3, 0.4) is 0 Å². The lowest BCUT2D eigenvalue weighted by Gasteiger charge is -2.14. The van der Waals surface area contributed by atoms with Gasteiger partial charge in [-0.1, -0.05) is 23.7 Å². The van der Waals surface area contributed by atoms with Gasteiger partial charge in [0.2, 0.25) is 0 Å². The molecule has 20 heavy (non-hydrogen) atoms. The Morgan fingerprint density at radius 3 is 2.70 bits per heavy atom. The van der Waals surface area contributed by atoms with Crippen LogP contribution in [0.4, 0.5) is 4.39 Å². The third-order valence-electron chi connectivity index (χ3n) is 2.91. The van der Waals surface area contributed by atoms with Gasteiger partial charge in [-0.05, 0) is 42.8 Å². The van der Waals surface area contributed by atoms with Crippen LogP contribution in [-0.4, -0.2) is 11.0 Å². The zero-order chi connectivity index (χ0) is 14.7. The fourth-order valence-electron chi connectivity index (χ4n) is 1.79. The molecule has 104 valence electrons. The summed E-state index contributed by atoms with van der Waals surface area (Å²) in [6.07, 6.45) is 0. The van der Waals surface area contributed by atoms with E-state index in [1.165, 1.54) is 30.3 Å². The van der Waals surface area contributed by atoms with Crippen molar-refractivity contribution in [2.75, 3.05) is 0 Å². The lowest BCUT2D eigenvalue weighted by Crippen LogP contribution is -2.26. The molecular formula is C15H13ClFNO2. The predicted molar refractivity (Wildman–Crippen MR) is 75.4 cm³/mol. The summed E-state index contributed by atoms with van der Waals surface area (Å²) in [6, 6.07) is 9.89. The number of benzene rings is 2. The molecule has 0 radical (unpaired) electrons. The molecular weight excluding hydrogens is 281 g/mol. The zero-order valence-corrected chi connectivity index (χ0v) is 11.5. The molecule has 0 spiro atoms. The van der Waals surface area contributed by atoms with Gasteiger partial charge in [0.05, 0.1) is 11.1 Å². The summed E-state index contributed by atoms with van der Waals surface area (Å²) in [5.41, 5.74) is 0.999. The number of hydrogen-bond acceptors (Lipinski definition) is 2. The Balaban J connectivity index is 2.13. The molecule has 0 bridgehead atoms. The first-order valence-electron chi connectivity index (χ1n) is 6.02. The SMILES string of the molecule is CC(NC(=O)c1ccc(O)c(Cl)c1)c1cccc(F)c1. The van der Waals surface area contributed by atoms with E-state index < -0.39 is 0 Å².